The molecule has 0 radical (unpaired) electrons. The van der Waals surface area contributed by atoms with Gasteiger partial charge in [-0.2, -0.15) is 0 Å². The van der Waals surface area contributed by atoms with Gasteiger partial charge in [-0.1, -0.05) is 12.1 Å². The van der Waals surface area contributed by atoms with E-state index >= 15 is 0 Å². The first kappa shape index (κ1) is 14.8. The van der Waals surface area contributed by atoms with E-state index in [-0.39, 0.29) is 11.9 Å². The predicted octanol–water partition coefficient (Wildman–Crippen LogP) is 4.22. The number of hydrogen-bond donors (Lipinski definition) is 0. The van der Waals surface area contributed by atoms with Gasteiger partial charge in [0.15, 0.2) is 0 Å². The number of methoxy groups -OCH3 is 1. The minimum absolute atomic E-state index is 0.199. The molecule has 1 amide bonds. The molecule has 2 heterocycles. The molecule has 0 saturated carbocycles. The number of nitrogens with zero attached hydrogens (tertiary/aromatic N) is 1. The van der Waals surface area contributed by atoms with Crippen LogP contribution < -0.4 is 4.74 Å². The summed E-state index contributed by atoms with van der Waals surface area (Å²) < 4.78 is 5.23. The minimum atomic E-state index is 0.199. The normalized spacial score (nSPS) is 19.9. The zero-order valence-electron chi connectivity index (χ0n) is 13.4. The van der Waals surface area contributed by atoms with Crippen LogP contribution in [-0.4, -0.2) is 24.5 Å². The van der Waals surface area contributed by atoms with E-state index in [0.717, 1.165) is 42.9 Å². The van der Waals surface area contributed by atoms with Crippen LogP contribution in [0.2, 0.25) is 0 Å². The first-order valence-corrected chi connectivity index (χ1v) is 9.14. The Bertz CT molecular complexity index is 698. The van der Waals surface area contributed by atoms with Gasteiger partial charge in [-0.15, -0.1) is 11.3 Å². The molecule has 1 atom stereocenters. The summed E-state index contributed by atoms with van der Waals surface area (Å²) in [4.78, 5) is 17.4. The summed E-state index contributed by atoms with van der Waals surface area (Å²) in [6.45, 7) is 0.859. The molecule has 0 unspecified atom stereocenters. The molecule has 4 heteroatoms. The van der Waals surface area contributed by atoms with Crippen LogP contribution >= 0.6 is 11.3 Å². The van der Waals surface area contributed by atoms with Crippen LogP contribution in [0.1, 0.15) is 51.0 Å². The largest absolute Gasteiger partial charge is 0.497 e. The van der Waals surface area contributed by atoms with Crippen molar-refractivity contribution in [2.24, 2.45) is 0 Å². The van der Waals surface area contributed by atoms with Crippen LogP contribution in [0, 0.1) is 0 Å². The maximum absolute atomic E-state index is 13.0. The van der Waals surface area contributed by atoms with Crippen molar-refractivity contribution in [3.63, 3.8) is 0 Å². The quantitative estimate of drug-likeness (QED) is 0.844. The molecule has 1 fully saturated rings. The van der Waals surface area contributed by atoms with Crippen molar-refractivity contribution in [1.29, 1.82) is 0 Å². The van der Waals surface area contributed by atoms with Crippen LogP contribution in [0.5, 0.6) is 5.75 Å². The van der Waals surface area contributed by atoms with Crippen molar-refractivity contribution < 1.29 is 9.53 Å². The second-order valence-corrected chi connectivity index (χ2v) is 7.48. The number of carbonyl (C=O) groups is 1. The van der Waals surface area contributed by atoms with Gasteiger partial charge in [-0.05, 0) is 61.4 Å². The van der Waals surface area contributed by atoms with E-state index < -0.39 is 0 Å². The lowest BCUT2D eigenvalue weighted by atomic mass is 10.0. The maximum atomic E-state index is 13.0. The highest BCUT2D eigenvalue weighted by Gasteiger charge is 2.32. The predicted molar refractivity (Wildman–Crippen MR) is 92.3 cm³/mol. The van der Waals surface area contributed by atoms with E-state index in [2.05, 4.69) is 23.1 Å². The summed E-state index contributed by atoms with van der Waals surface area (Å²) in [6.07, 6.45) is 5.65. The van der Waals surface area contributed by atoms with E-state index in [1.165, 1.54) is 22.4 Å². The van der Waals surface area contributed by atoms with Gasteiger partial charge in [0.2, 0.25) is 0 Å². The molecule has 1 aliphatic heterocycles. The molecule has 1 aromatic heterocycles. The SMILES string of the molecule is COc1ccc([C@@H]2CCCN2C(=O)c2cc3c(s2)CCC3)cc1. The fraction of sp³-hybridized carbons (Fsp3) is 0.421. The third-order valence-corrected chi connectivity index (χ3v) is 6.20. The van der Waals surface area contributed by atoms with Crippen molar-refractivity contribution in [1.82, 2.24) is 4.90 Å². The molecule has 1 saturated heterocycles. The Labute approximate surface area is 140 Å². The van der Waals surface area contributed by atoms with Crippen molar-refractivity contribution in [2.75, 3.05) is 13.7 Å². The number of thiophene rings is 1. The molecule has 0 N–H and O–H groups in total. The molecule has 0 spiro atoms. The first-order chi connectivity index (χ1) is 11.3. The molecule has 0 bridgehead atoms. The monoisotopic (exact) mass is 327 g/mol. The van der Waals surface area contributed by atoms with Gasteiger partial charge >= 0.3 is 0 Å². The molecule has 120 valence electrons. The van der Waals surface area contributed by atoms with Crippen LogP contribution in [0.15, 0.2) is 30.3 Å². The number of benzene rings is 1. The van der Waals surface area contributed by atoms with Gasteiger partial charge in [-0.25, -0.2) is 0 Å². The van der Waals surface area contributed by atoms with Gasteiger partial charge in [-0.3, -0.25) is 4.79 Å². The fourth-order valence-electron chi connectivity index (χ4n) is 3.76. The highest BCUT2D eigenvalue weighted by Crippen LogP contribution is 2.37. The number of carbonyl (C=O) groups excluding carboxylic acids is 1. The summed E-state index contributed by atoms with van der Waals surface area (Å²) in [5, 5.41) is 0. The molecule has 4 rings (SSSR count). The van der Waals surface area contributed by atoms with Crippen LogP contribution in [0.4, 0.5) is 0 Å². The Morgan fingerprint density at radius 3 is 2.78 bits per heavy atom. The average Bonchev–Trinajstić information content (AvgIpc) is 3.29. The van der Waals surface area contributed by atoms with Gasteiger partial charge in [0, 0.05) is 11.4 Å². The van der Waals surface area contributed by atoms with E-state index in [1.807, 2.05) is 12.1 Å². The van der Waals surface area contributed by atoms with E-state index in [0.29, 0.717) is 0 Å². The molecule has 2 aliphatic rings. The standard InChI is InChI=1S/C19H21NO2S/c1-22-15-9-7-13(8-10-15)16-5-3-11-20(16)19(21)18-12-14-4-2-6-17(14)23-18/h7-10,12,16H,2-6,11H2,1H3/t16-/m0/s1. The minimum Gasteiger partial charge on any atom is -0.497 e. The lowest BCUT2D eigenvalue weighted by Gasteiger charge is -2.24. The highest BCUT2D eigenvalue weighted by molar-refractivity contribution is 7.14. The molecule has 1 aliphatic carbocycles. The van der Waals surface area contributed by atoms with Crippen LogP contribution in [0.25, 0.3) is 0 Å². The Hall–Kier alpha value is -1.81. The second-order valence-electron chi connectivity index (χ2n) is 6.34. The van der Waals surface area contributed by atoms with E-state index in [1.54, 1.807) is 18.4 Å². The third-order valence-electron chi connectivity index (χ3n) is 4.97. The van der Waals surface area contributed by atoms with Gasteiger partial charge in [0.05, 0.1) is 18.0 Å². The van der Waals surface area contributed by atoms with Gasteiger partial charge in [0.1, 0.15) is 5.75 Å². The van der Waals surface area contributed by atoms with Crippen LogP contribution in [-0.2, 0) is 12.8 Å². The number of ether oxygens (including phenoxy) is 1. The Morgan fingerprint density at radius 1 is 1.22 bits per heavy atom. The number of likely N-dealkylation sites (tertiary alicyclic amines) is 1. The lowest BCUT2D eigenvalue weighted by molar-refractivity contribution is 0.0740. The number of rotatable bonds is 3. The summed E-state index contributed by atoms with van der Waals surface area (Å²) in [7, 11) is 1.68. The van der Waals surface area contributed by atoms with E-state index in [4.69, 9.17) is 4.74 Å². The van der Waals surface area contributed by atoms with Gasteiger partial charge in [0.25, 0.3) is 5.91 Å². The van der Waals surface area contributed by atoms with Gasteiger partial charge < -0.3 is 9.64 Å². The summed E-state index contributed by atoms with van der Waals surface area (Å²) >= 11 is 1.71. The first-order valence-electron chi connectivity index (χ1n) is 8.33. The zero-order valence-corrected chi connectivity index (χ0v) is 14.2. The maximum Gasteiger partial charge on any atom is 0.264 e. The number of aryl methyl sites for hydroxylation is 2. The Balaban J connectivity index is 1.57. The van der Waals surface area contributed by atoms with Crippen molar-refractivity contribution in [3.8, 4) is 5.75 Å². The molecule has 1 aromatic carbocycles. The van der Waals surface area contributed by atoms with Crippen LogP contribution in [0.3, 0.4) is 0 Å². The molecule has 2 aromatic rings. The lowest BCUT2D eigenvalue weighted by Crippen LogP contribution is -2.29. The number of hydrogen-bond acceptors (Lipinski definition) is 3. The number of amides is 1. The molecular weight excluding hydrogens is 306 g/mol. The second kappa shape index (κ2) is 6.00. The Kier molecular flexibility index (Phi) is 3.85. The zero-order chi connectivity index (χ0) is 15.8. The molecule has 3 nitrogen and oxygen atoms in total. The highest BCUT2D eigenvalue weighted by atomic mass is 32.1. The smallest absolute Gasteiger partial charge is 0.264 e. The molecular formula is C19H21NO2S. The molecule has 23 heavy (non-hydrogen) atoms. The average molecular weight is 327 g/mol. The third kappa shape index (κ3) is 2.65. The summed E-state index contributed by atoms with van der Waals surface area (Å²) in [5.41, 5.74) is 2.61. The van der Waals surface area contributed by atoms with Crippen molar-refractivity contribution in [2.45, 2.75) is 38.1 Å². The van der Waals surface area contributed by atoms with Crippen molar-refractivity contribution >= 4 is 17.2 Å². The topological polar surface area (TPSA) is 29.5 Å². The Morgan fingerprint density at radius 2 is 2.04 bits per heavy atom. The summed E-state index contributed by atoms with van der Waals surface area (Å²) in [6, 6.07) is 10.5. The van der Waals surface area contributed by atoms with E-state index in [9.17, 15) is 4.79 Å². The van der Waals surface area contributed by atoms with Crippen molar-refractivity contribution in [3.05, 3.63) is 51.2 Å². The fourth-order valence-corrected chi connectivity index (χ4v) is 4.97. The number of fused-ring (bicyclic) bond motifs is 1. The summed E-state index contributed by atoms with van der Waals surface area (Å²) in [5.74, 6) is 1.07.